The number of amides is 7. The second-order valence-corrected chi connectivity index (χ2v) is 14.7. The lowest BCUT2D eigenvalue weighted by atomic mass is 9.99. The molecule has 5 atom stereocenters. The van der Waals surface area contributed by atoms with Crippen molar-refractivity contribution >= 4 is 66.6 Å². The fourth-order valence-electron chi connectivity index (χ4n) is 5.08. The summed E-state index contributed by atoms with van der Waals surface area (Å²) in [5.41, 5.74) is 12.5. The van der Waals surface area contributed by atoms with E-state index in [9.17, 15) is 38.7 Å². The molecule has 0 radical (unpaired) electrons. The molecule has 0 spiro atoms. The molecule has 16 nitrogen and oxygen atoms in total. The van der Waals surface area contributed by atoms with Gasteiger partial charge in [-0.05, 0) is 49.9 Å². The van der Waals surface area contributed by atoms with E-state index in [0.717, 1.165) is 6.42 Å². The van der Waals surface area contributed by atoms with Crippen molar-refractivity contribution in [2.24, 2.45) is 11.5 Å². The number of primary amides is 1. The molecule has 11 N–H and O–H groups in total. The van der Waals surface area contributed by atoms with Crippen LogP contribution in [0.2, 0.25) is 0 Å². The van der Waals surface area contributed by atoms with E-state index in [1.807, 2.05) is 6.92 Å². The number of nitrogens with two attached hydrogens (primary N) is 2. The van der Waals surface area contributed by atoms with Crippen LogP contribution in [0, 0.1) is 0 Å². The van der Waals surface area contributed by atoms with Crippen LogP contribution < -0.4 is 43.4 Å². The Balaban J connectivity index is 2.14. The van der Waals surface area contributed by atoms with Crippen molar-refractivity contribution in [3.8, 4) is 5.75 Å². The van der Waals surface area contributed by atoms with E-state index in [-0.39, 0.29) is 30.8 Å². The van der Waals surface area contributed by atoms with Gasteiger partial charge in [0.15, 0.2) is 0 Å². The van der Waals surface area contributed by atoms with Gasteiger partial charge in [-0.15, -0.1) is 0 Å². The van der Waals surface area contributed by atoms with Crippen molar-refractivity contribution in [3.63, 3.8) is 0 Å². The number of phenolic OH excluding ortho intramolecular Hbond substituents is 1. The lowest BCUT2D eigenvalue weighted by molar-refractivity contribution is -0.134. The summed E-state index contributed by atoms with van der Waals surface area (Å²) in [6.07, 6.45) is 1.70. The van der Waals surface area contributed by atoms with Crippen LogP contribution in [0.5, 0.6) is 5.75 Å². The van der Waals surface area contributed by atoms with Crippen molar-refractivity contribution in [1.29, 1.82) is 0 Å². The van der Waals surface area contributed by atoms with E-state index in [1.165, 1.54) is 12.1 Å². The van der Waals surface area contributed by atoms with E-state index in [0.29, 0.717) is 17.5 Å². The lowest BCUT2D eigenvalue weighted by Gasteiger charge is -2.32. The topological polar surface area (TPSA) is 264 Å². The smallest absolute Gasteiger partial charge is 0.244 e. The highest BCUT2D eigenvalue weighted by Crippen LogP contribution is 2.19. The predicted molar refractivity (Wildman–Crippen MR) is 209 cm³/mol. The molecule has 0 aliphatic carbocycles. The number of hydrogen-bond acceptors (Lipinski definition) is 11. The molecule has 0 heterocycles. The first kappa shape index (κ1) is 45.3. The van der Waals surface area contributed by atoms with Gasteiger partial charge in [-0.1, -0.05) is 62.2 Å². The minimum Gasteiger partial charge on any atom is -0.508 e. The molecule has 54 heavy (non-hydrogen) atoms. The van der Waals surface area contributed by atoms with Crippen LogP contribution in [0.1, 0.15) is 51.2 Å². The first-order valence-electron chi connectivity index (χ1n) is 17.4. The second-order valence-electron chi connectivity index (χ2n) is 13.2. The first-order chi connectivity index (χ1) is 25.4. The molecule has 2 rings (SSSR count). The highest BCUT2D eigenvalue weighted by Gasteiger charge is 2.37. The highest BCUT2D eigenvalue weighted by molar-refractivity contribution is 7.81. The van der Waals surface area contributed by atoms with Gasteiger partial charge >= 0.3 is 0 Å². The van der Waals surface area contributed by atoms with Gasteiger partial charge in [0.25, 0.3) is 0 Å². The Kier molecular flexibility index (Phi) is 18.8. The summed E-state index contributed by atoms with van der Waals surface area (Å²) >= 11 is 8.69. The minimum atomic E-state index is -1.29. The number of carbonyl (C=O) groups is 7. The number of hydrogen-bond donors (Lipinski definition) is 11. The van der Waals surface area contributed by atoms with Gasteiger partial charge in [0.05, 0.1) is 19.1 Å². The number of carbonyl (C=O) groups excluding carboxylic acids is 7. The number of phenols is 1. The summed E-state index contributed by atoms with van der Waals surface area (Å²) in [5.74, 6) is -4.99. The third-order valence-electron chi connectivity index (χ3n) is 8.07. The Morgan fingerprint density at radius 1 is 0.722 bits per heavy atom. The van der Waals surface area contributed by atoms with Gasteiger partial charge in [0, 0.05) is 16.9 Å². The van der Waals surface area contributed by atoms with Gasteiger partial charge in [0.2, 0.25) is 41.4 Å². The normalized spacial score (nSPS) is 13.9. The van der Waals surface area contributed by atoms with E-state index in [2.05, 4.69) is 57.2 Å². The number of aromatic hydroxyl groups is 1. The molecule has 18 heteroatoms. The summed E-state index contributed by atoms with van der Waals surface area (Å²) < 4.78 is -1.16. The van der Waals surface area contributed by atoms with Crippen LogP contribution in [0.25, 0.3) is 0 Å². The average molecular weight is 789 g/mol. The van der Waals surface area contributed by atoms with Crippen LogP contribution in [-0.4, -0.2) is 100 Å². The Labute approximate surface area is 325 Å². The van der Waals surface area contributed by atoms with Crippen LogP contribution in [0.3, 0.4) is 0 Å². The molecular weight excluding hydrogens is 737 g/mol. The van der Waals surface area contributed by atoms with Gasteiger partial charge in [-0.25, -0.2) is 0 Å². The number of nitrogens with one attached hydrogen (secondary N) is 6. The summed E-state index contributed by atoms with van der Waals surface area (Å²) in [6, 6.07) is 9.22. The lowest BCUT2D eigenvalue weighted by Crippen LogP contribution is -2.62. The molecule has 0 aromatic heterocycles. The van der Waals surface area contributed by atoms with E-state index in [4.69, 9.17) is 11.5 Å². The van der Waals surface area contributed by atoms with Crippen LogP contribution in [0.15, 0.2) is 54.6 Å². The molecule has 0 aliphatic heterocycles. The molecule has 2 aromatic rings. The van der Waals surface area contributed by atoms with E-state index in [1.54, 1.807) is 56.3 Å². The maximum atomic E-state index is 13.8. The van der Waals surface area contributed by atoms with Crippen LogP contribution in [0.4, 0.5) is 0 Å². The Hall–Kier alpha value is -4.81. The number of unbranched alkanes of at least 4 members (excludes halogenated alkanes) is 1. The summed E-state index contributed by atoms with van der Waals surface area (Å²) in [7, 11) is 0. The Morgan fingerprint density at radius 2 is 1.30 bits per heavy atom. The average Bonchev–Trinajstić information content (AvgIpc) is 3.12. The summed E-state index contributed by atoms with van der Waals surface area (Å²) in [4.78, 5) is 90.2. The largest absolute Gasteiger partial charge is 0.508 e. The second kappa shape index (κ2) is 22.4. The zero-order valence-corrected chi connectivity index (χ0v) is 32.4. The summed E-state index contributed by atoms with van der Waals surface area (Å²) in [6.45, 7) is 4.09. The SMILES string of the molecule is CCCC[C@H](NC(=O)[C@@H](NC(=O)[C@H](Cc1ccccc1)NC(=O)CNC(=O)[C@@H](CS)NC(=O)[C@@H](N)Cc1ccc(O)cc1)C(C)(C)S)C(=O)NCC(N)=O. The number of benzene rings is 2. The van der Waals surface area contributed by atoms with Crippen molar-refractivity contribution in [3.05, 3.63) is 65.7 Å². The maximum absolute atomic E-state index is 13.8. The van der Waals surface area contributed by atoms with Crippen LogP contribution >= 0.6 is 25.3 Å². The van der Waals surface area contributed by atoms with Crippen molar-refractivity contribution in [2.75, 3.05) is 18.8 Å². The Morgan fingerprint density at radius 3 is 1.87 bits per heavy atom. The molecule has 2 aromatic carbocycles. The van der Waals surface area contributed by atoms with Gasteiger partial charge < -0.3 is 48.5 Å². The zero-order valence-electron chi connectivity index (χ0n) is 30.6. The van der Waals surface area contributed by atoms with E-state index < -0.39 is 89.4 Å². The van der Waals surface area contributed by atoms with Crippen molar-refractivity contribution in [2.45, 2.75) is 87.8 Å². The quantitative estimate of drug-likeness (QED) is 0.0653. The zero-order chi connectivity index (χ0) is 40.4. The maximum Gasteiger partial charge on any atom is 0.244 e. The number of thiol groups is 2. The third-order valence-corrected chi connectivity index (χ3v) is 8.70. The molecule has 0 fully saturated rings. The molecular formula is C36H52N8O8S2. The first-order valence-corrected chi connectivity index (χ1v) is 18.5. The molecule has 0 aliphatic rings. The van der Waals surface area contributed by atoms with E-state index >= 15 is 0 Å². The molecule has 296 valence electrons. The molecule has 0 bridgehead atoms. The predicted octanol–water partition coefficient (Wildman–Crippen LogP) is -1.01. The monoisotopic (exact) mass is 788 g/mol. The van der Waals surface area contributed by atoms with Gasteiger partial charge in [0.1, 0.15) is 29.9 Å². The van der Waals surface area contributed by atoms with Crippen molar-refractivity contribution < 1.29 is 38.7 Å². The van der Waals surface area contributed by atoms with Crippen molar-refractivity contribution in [1.82, 2.24) is 31.9 Å². The molecule has 0 unspecified atom stereocenters. The molecule has 0 saturated heterocycles. The third kappa shape index (κ3) is 16.1. The number of rotatable bonds is 22. The summed E-state index contributed by atoms with van der Waals surface area (Å²) in [5, 5.41) is 24.7. The van der Waals surface area contributed by atoms with Gasteiger partial charge in [-0.2, -0.15) is 25.3 Å². The van der Waals surface area contributed by atoms with Gasteiger partial charge in [-0.3, -0.25) is 33.6 Å². The minimum absolute atomic E-state index is 0.0105. The fraction of sp³-hybridized carbons (Fsp3) is 0.472. The van der Waals surface area contributed by atoms with Crippen LogP contribution in [-0.2, 0) is 46.4 Å². The molecule has 0 saturated carbocycles. The highest BCUT2D eigenvalue weighted by atomic mass is 32.1. The molecule has 7 amide bonds. The standard InChI is InChI=1S/C36H52N8O8S2/c1-4-5-11-25(32(49)39-18-28(38)46)42-35(52)30(36(2,3)54)44-34(51)26(17-21-9-7-6-8-10-21)41-29(47)19-40-33(50)27(20-53)43-31(48)24(37)16-22-12-14-23(45)15-13-22/h6-10,12-15,24-27,30,45,53-54H,4-5,11,16-20,37H2,1-3H3,(H2,38,46)(H,39,49)(H,40,50)(H,41,47)(H,42,52)(H,43,48)(H,44,51)/t24-,25-,26-,27+,30+/m0/s1. The fourth-order valence-corrected chi connectivity index (χ4v) is 5.52. The Bertz CT molecular complexity index is 1590.